The number of carbonyl (C=O) groups is 1. The molecule has 118 valence electrons. The highest BCUT2D eigenvalue weighted by molar-refractivity contribution is 7.89. The van der Waals surface area contributed by atoms with E-state index in [1.165, 1.54) is 0 Å². The van der Waals surface area contributed by atoms with Crippen molar-refractivity contribution < 1.29 is 31.5 Å². The Morgan fingerprint density at radius 1 is 1.29 bits per heavy atom. The molecule has 0 aromatic heterocycles. The van der Waals surface area contributed by atoms with Gasteiger partial charge in [0.25, 0.3) is 0 Å². The normalized spacial score (nSPS) is 12.2. The molecular formula is C11H13F3N2O4S. The highest BCUT2D eigenvalue weighted by Gasteiger charge is 2.31. The van der Waals surface area contributed by atoms with Crippen LogP contribution in [0, 0.1) is 0 Å². The summed E-state index contributed by atoms with van der Waals surface area (Å²) in [7, 11) is -4.24. The molecule has 0 aliphatic carbocycles. The summed E-state index contributed by atoms with van der Waals surface area (Å²) in [4.78, 5) is 10.6. The van der Waals surface area contributed by atoms with E-state index in [-0.39, 0.29) is 13.2 Å². The van der Waals surface area contributed by atoms with Gasteiger partial charge in [0.15, 0.2) is 0 Å². The van der Waals surface area contributed by atoms with E-state index in [0.29, 0.717) is 6.07 Å². The van der Waals surface area contributed by atoms with Crippen molar-refractivity contribution in [2.75, 3.05) is 19.7 Å². The number of sulfonamides is 1. The van der Waals surface area contributed by atoms with Crippen LogP contribution in [0.1, 0.15) is 5.56 Å². The van der Waals surface area contributed by atoms with E-state index < -0.39 is 39.1 Å². The molecule has 10 heteroatoms. The highest BCUT2D eigenvalue weighted by Crippen LogP contribution is 2.30. The summed E-state index contributed by atoms with van der Waals surface area (Å²) in [6.07, 6.45) is -4.66. The third-order valence-corrected chi connectivity index (χ3v) is 3.73. The standard InChI is InChI=1S/C11H13F3N2O4S/c12-11(13,14)8-2-1-3-9(6-8)21(19,20)16-7-10(18)15-4-5-17/h1-3,6,16-17H,4-5,7H2,(H,15,18). The number of hydrogen-bond acceptors (Lipinski definition) is 4. The van der Waals surface area contributed by atoms with Gasteiger partial charge in [0, 0.05) is 6.54 Å². The zero-order valence-corrected chi connectivity index (χ0v) is 11.5. The molecule has 0 aliphatic heterocycles. The van der Waals surface area contributed by atoms with Gasteiger partial charge in [-0.1, -0.05) is 6.07 Å². The van der Waals surface area contributed by atoms with Crippen molar-refractivity contribution in [1.29, 1.82) is 0 Å². The second-order valence-electron chi connectivity index (χ2n) is 3.92. The SMILES string of the molecule is O=C(CNS(=O)(=O)c1cccc(C(F)(F)F)c1)NCCO. The van der Waals surface area contributed by atoms with Crippen LogP contribution in [-0.4, -0.2) is 39.1 Å². The Morgan fingerprint density at radius 2 is 1.95 bits per heavy atom. The number of carbonyl (C=O) groups excluding carboxylic acids is 1. The van der Waals surface area contributed by atoms with Crippen LogP contribution in [0.5, 0.6) is 0 Å². The minimum absolute atomic E-state index is 0.0515. The molecule has 21 heavy (non-hydrogen) atoms. The Kier molecular flexibility index (Phi) is 5.70. The number of amides is 1. The molecule has 6 nitrogen and oxygen atoms in total. The summed E-state index contributed by atoms with van der Waals surface area (Å²) in [5, 5.41) is 10.7. The Morgan fingerprint density at radius 3 is 2.52 bits per heavy atom. The summed E-state index contributed by atoms with van der Waals surface area (Å²) >= 11 is 0. The monoisotopic (exact) mass is 326 g/mol. The molecule has 0 saturated heterocycles. The van der Waals surface area contributed by atoms with Crippen LogP contribution in [0.3, 0.4) is 0 Å². The smallest absolute Gasteiger partial charge is 0.395 e. The molecule has 0 fully saturated rings. The van der Waals surface area contributed by atoms with E-state index >= 15 is 0 Å². The average molecular weight is 326 g/mol. The Hall–Kier alpha value is -1.65. The highest BCUT2D eigenvalue weighted by atomic mass is 32.2. The third kappa shape index (κ3) is 5.33. The predicted molar refractivity (Wildman–Crippen MR) is 66.7 cm³/mol. The van der Waals surface area contributed by atoms with Gasteiger partial charge in [0.1, 0.15) is 0 Å². The molecule has 0 atom stereocenters. The van der Waals surface area contributed by atoms with Crippen molar-refractivity contribution in [3.05, 3.63) is 29.8 Å². The number of hydrogen-bond donors (Lipinski definition) is 3. The number of halogens is 3. The maximum atomic E-state index is 12.5. The molecule has 1 amide bonds. The lowest BCUT2D eigenvalue weighted by molar-refractivity contribution is -0.137. The first kappa shape index (κ1) is 17.4. The van der Waals surface area contributed by atoms with Gasteiger partial charge >= 0.3 is 6.18 Å². The van der Waals surface area contributed by atoms with Crippen molar-refractivity contribution in [3.8, 4) is 0 Å². The number of alkyl halides is 3. The Bertz CT molecular complexity index is 602. The fraction of sp³-hybridized carbons (Fsp3) is 0.364. The predicted octanol–water partition coefficient (Wildman–Crippen LogP) is 0.0922. The molecule has 3 N–H and O–H groups in total. The van der Waals surface area contributed by atoms with Crippen LogP contribution in [0.25, 0.3) is 0 Å². The van der Waals surface area contributed by atoms with Crippen LogP contribution >= 0.6 is 0 Å². The van der Waals surface area contributed by atoms with Gasteiger partial charge in [-0.15, -0.1) is 0 Å². The van der Waals surface area contributed by atoms with E-state index in [0.717, 1.165) is 18.2 Å². The number of nitrogens with one attached hydrogen (secondary N) is 2. The maximum Gasteiger partial charge on any atom is 0.416 e. The van der Waals surface area contributed by atoms with Gasteiger partial charge in [-0.2, -0.15) is 13.2 Å². The quantitative estimate of drug-likeness (QED) is 0.690. The van der Waals surface area contributed by atoms with E-state index in [9.17, 15) is 26.4 Å². The van der Waals surface area contributed by atoms with Gasteiger partial charge in [0.2, 0.25) is 15.9 Å². The Labute approximate surface area is 119 Å². The van der Waals surface area contributed by atoms with E-state index in [4.69, 9.17) is 5.11 Å². The summed E-state index contributed by atoms with van der Waals surface area (Å²) in [6.45, 7) is -1.01. The summed E-state index contributed by atoms with van der Waals surface area (Å²) < 4.78 is 63.0. The Balaban J connectivity index is 2.82. The summed E-state index contributed by atoms with van der Waals surface area (Å²) in [6, 6.07) is 3.17. The topological polar surface area (TPSA) is 95.5 Å². The minimum atomic E-state index is -4.66. The van der Waals surface area contributed by atoms with Crippen LogP contribution in [0.4, 0.5) is 13.2 Å². The van der Waals surface area contributed by atoms with Gasteiger partial charge in [-0.25, -0.2) is 13.1 Å². The fourth-order valence-corrected chi connectivity index (χ4v) is 2.37. The molecular weight excluding hydrogens is 313 g/mol. The number of rotatable bonds is 6. The van der Waals surface area contributed by atoms with E-state index in [2.05, 4.69) is 5.32 Å². The van der Waals surface area contributed by atoms with Gasteiger partial charge < -0.3 is 10.4 Å². The largest absolute Gasteiger partial charge is 0.416 e. The molecule has 0 aliphatic rings. The van der Waals surface area contributed by atoms with Crippen molar-refractivity contribution in [2.24, 2.45) is 0 Å². The zero-order valence-electron chi connectivity index (χ0n) is 10.6. The second kappa shape index (κ2) is 6.87. The van der Waals surface area contributed by atoms with Crippen molar-refractivity contribution in [3.63, 3.8) is 0 Å². The minimum Gasteiger partial charge on any atom is -0.395 e. The molecule has 0 radical (unpaired) electrons. The van der Waals surface area contributed by atoms with Crippen LogP contribution < -0.4 is 10.0 Å². The zero-order chi connectivity index (χ0) is 16.1. The fourth-order valence-electron chi connectivity index (χ4n) is 1.34. The molecule has 1 aromatic carbocycles. The first-order valence-corrected chi connectivity index (χ1v) is 7.19. The molecule has 0 unspecified atom stereocenters. The molecule has 0 bridgehead atoms. The van der Waals surface area contributed by atoms with Gasteiger partial charge in [0.05, 0.1) is 23.6 Å². The van der Waals surface area contributed by atoms with Gasteiger partial charge in [-0.05, 0) is 18.2 Å². The molecule has 1 rings (SSSR count). The number of benzene rings is 1. The van der Waals surface area contributed by atoms with E-state index in [1.807, 2.05) is 4.72 Å². The van der Waals surface area contributed by atoms with Crippen molar-refractivity contribution >= 4 is 15.9 Å². The van der Waals surface area contributed by atoms with Crippen LogP contribution in [-0.2, 0) is 21.0 Å². The lowest BCUT2D eigenvalue weighted by Crippen LogP contribution is -2.38. The summed E-state index contributed by atoms with van der Waals surface area (Å²) in [5.74, 6) is -0.709. The summed E-state index contributed by atoms with van der Waals surface area (Å²) in [5.41, 5.74) is -1.10. The molecule has 0 saturated carbocycles. The van der Waals surface area contributed by atoms with Crippen LogP contribution in [0.15, 0.2) is 29.2 Å². The van der Waals surface area contributed by atoms with E-state index in [1.54, 1.807) is 0 Å². The van der Waals surface area contributed by atoms with Crippen molar-refractivity contribution in [1.82, 2.24) is 10.0 Å². The lowest BCUT2D eigenvalue weighted by atomic mass is 10.2. The lowest BCUT2D eigenvalue weighted by Gasteiger charge is -2.10. The van der Waals surface area contributed by atoms with Crippen LogP contribution in [0.2, 0.25) is 0 Å². The molecule has 0 heterocycles. The first-order valence-electron chi connectivity index (χ1n) is 5.71. The number of aliphatic hydroxyl groups is 1. The first-order chi connectivity index (χ1) is 9.66. The van der Waals surface area contributed by atoms with Gasteiger partial charge in [-0.3, -0.25) is 4.79 Å². The second-order valence-corrected chi connectivity index (χ2v) is 5.69. The average Bonchev–Trinajstić information content (AvgIpc) is 2.42. The number of aliphatic hydroxyl groups excluding tert-OH is 1. The maximum absolute atomic E-state index is 12.5. The third-order valence-electron chi connectivity index (χ3n) is 2.33. The molecule has 0 spiro atoms. The molecule has 1 aromatic rings. The van der Waals surface area contributed by atoms with Crippen molar-refractivity contribution in [2.45, 2.75) is 11.1 Å².